The van der Waals surface area contributed by atoms with Crippen molar-refractivity contribution in [2.45, 2.75) is 37.8 Å². The molecule has 2 aliphatic rings. The third-order valence-electron chi connectivity index (χ3n) is 6.08. The van der Waals surface area contributed by atoms with Crippen LogP contribution in [0, 0.1) is 5.82 Å². The first-order chi connectivity index (χ1) is 13.5. The first-order valence-corrected chi connectivity index (χ1v) is 9.97. The van der Waals surface area contributed by atoms with Crippen LogP contribution in [0.1, 0.15) is 42.5 Å². The van der Waals surface area contributed by atoms with Gasteiger partial charge in [0.2, 0.25) is 0 Å². The molecule has 4 nitrogen and oxygen atoms in total. The summed E-state index contributed by atoms with van der Waals surface area (Å²) >= 11 is 0. The Balaban J connectivity index is 1.63. The number of amides is 1. The van der Waals surface area contributed by atoms with Crippen LogP contribution >= 0.6 is 0 Å². The van der Waals surface area contributed by atoms with Gasteiger partial charge in [-0.25, -0.2) is 9.18 Å². The Kier molecular flexibility index (Phi) is 5.11. The maximum Gasteiger partial charge on any atom is 0.411 e. The average Bonchev–Trinajstić information content (AvgIpc) is 2.70. The lowest BCUT2D eigenvalue weighted by molar-refractivity contribution is -0.0373. The number of likely N-dealkylation sites (tertiary alicyclic amines) is 1. The molecule has 2 aromatic rings. The second-order valence-corrected chi connectivity index (χ2v) is 8.22. The molecule has 2 heterocycles. The van der Waals surface area contributed by atoms with Crippen LogP contribution in [0.25, 0.3) is 0 Å². The van der Waals surface area contributed by atoms with Crippen LogP contribution in [0.5, 0.6) is 0 Å². The molecule has 2 aromatic carbocycles. The molecule has 1 saturated heterocycles. The van der Waals surface area contributed by atoms with Crippen LogP contribution in [0.4, 0.5) is 9.18 Å². The van der Waals surface area contributed by atoms with Crippen molar-refractivity contribution in [2.75, 3.05) is 26.7 Å². The number of benzene rings is 2. The standard InChI is InChI=1S/C23H27FN2O2/c1-23(12-15-25(2)16-13-23)28-22(27)26-14-11-17-5-3-4-6-20(17)21(26)18-7-9-19(24)10-8-18/h3-10,21H,11-16H2,1-2H3/t21-/m0/s1. The highest BCUT2D eigenvalue weighted by molar-refractivity contribution is 5.70. The lowest BCUT2D eigenvalue weighted by Crippen LogP contribution is -2.48. The Labute approximate surface area is 165 Å². The molecule has 28 heavy (non-hydrogen) atoms. The number of fused-ring (bicyclic) bond motifs is 1. The minimum Gasteiger partial charge on any atom is -0.443 e. The summed E-state index contributed by atoms with van der Waals surface area (Å²) in [7, 11) is 2.09. The van der Waals surface area contributed by atoms with Gasteiger partial charge in [0.15, 0.2) is 0 Å². The molecule has 1 fully saturated rings. The summed E-state index contributed by atoms with van der Waals surface area (Å²) in [4.78, 5) is 17.3. The Bertz CT molecular complexity index is 844. The van der Waals surface area contributed by atoms with E-state index >= 15 is 0 Å². The topological polar surface area (TPSA) is 32.8 Å². The van der Waals surface area contributed by atoms with Gasteiger partial charge in [-0.1, -0.05) is 36.4 Å². The van der Waals surface area contributed by atoms with E-state index in [-0.39, 0.29) is 18.0 Å². The largest absolute Gasteiger partial charge is 0.443 e. The number of carbonyl (C=O) groups excluding carboxylic acids is 1. The summed E-state index contributed by atoms with van der Waals surface area (Å²) in [5, 5.41) is 0. The van der Waals surface area contributed by atoms with E-state index in [2.05, 4.69) is 24.1 Å². The van der Waals surface area contributed by atoms with Crippen LogP contribution in [0.3, 0.4) is 0 Å². The number of ether oxygens (including phenoxy) is 1. The number of halogens is 1. The zero-order valence-corrected chi connectivity index (χ0v) is 16.5. The van der Waals surface area contributed by atoms with Crippen molar-refractivity contribution in [3.8, 4) is 0 Å². The van der Waals surface area contributed by atoms with E-state index in [1.807, 2.05) is 19.1 Å². The molecule has 0 unspecified atom stereocenters. The van der Waals surface area contributed by atoms with Crippen LogP contribution in [-0.4, -0.2) is 48.2 Å². The van der Waals surface area contributed by atoms with Crippen molar-refractivity contribution in [1.82, 2.24) is 9.80 Å². The molecule has 0 N–H and O–H groups in total. The molecule has 0 spiro atoms. The van der Waals surface area contributed by atoms with E-state index < -0.39 is 5.60 Å². The Morgan fingerprint density at radius 2 is 1.75 bits per heavy atom. The van der Waals surface area contributed by atoms with Gasteiger partial charge in [-0.3, -0.25) is 4.90 Å². The summed E-state index contributed by atoms with van der Waals surface area (Å²) in [6, 6.07) is 14.3. The number of hydrogen-bond acceptors (Lipinski definition) is 3. The molecule has 4 rings (SSSR count). The van der Waals surface area contributed by atoms with E-state index in [1.54, 1.807) is 17.0 Å². The van der Waals surface area contributed by atoms with Gasteiger partial charge in [-0.15, -0.1) is 0 Å². The molecule has 148 valence electrons. The van der Waals surface area contributed by atoms with Gasteiger partial charge in [0.1, 0.15) is 11.4 Å². The van der Waals surface area contributed by atoms with Crippen molar-refractivity contribution in [3.05, 3.63) is 71.0 Å². The van der Waals surface area contributed by atoms with Crippen LogP contribution in [-0.2, 0) is 11.2 Å². The molecule has 5 heteroatoms. The second kappa shape index (κ2) is 7.55. The quantitative estimate of drug-likeness (QED) is 0.772. The third-order valence-corrected chi connectivity index (χ3v) is 6.08. The summed E-state index contributed by atoms with van der Waals surface area (Å²) < 4.78 is 19.5. The maximum atomic E-state index is 13.5. The molecule has 0 aromatic heterocycles. The van der Waals surface area contributed by atoms with Gasteiger partial charge < -0.3 is 9.64 Å². The zero-order chi connectivity index (χ0) is 19.7. The molecular weight excluding hydrogens is 355 g/mol. The zero-order valence-electron chi connectivity index (χ0n) is 16.5. The van der Waals surface area contributed by atoms with Gasteiger partial charge in [0.25, 0.3) is 0 Å². The fourth-order valence-corrected chi connectivity index (χ4v) is 4.23. The number of rotatable bonds is 2. The first-order valence-electron chi connectivity index (χ1n) is 9.97. The molecule has 2 aliphatic heterocycles. The second-order valence-electron chi connectivity index (χ2n) is 8.22. The fourth-order valence-electron chi connectivity index (χ4n) is 4.23. The maximum absolute atomic E-state index is 13.5. The minimum atomic E-state index is -0.437. The van der Waals surface area contributed by atoms with E-state index in [1.165, 1.54) is 17.7 Å². The van der Waals surface area contributed by atoms with E-state index in [4.69, 9.17) is 4.74 Å². The molecule has 0 bridgehead atoms. The van der Waals surface area contributed by atoms with Gasteiger partial charge in [0, 0.05) is 19.6 Å². The van der Waals surface area contributed by atoms with Gasteiger partial charge >= 0.3 is 6.09 Å². The Hall–Kier alpha value is -2.40. The summed E-state index contributed by atoms with van der Waals surface area (Å²) in [5.74, 6) is -0.277. The Morgan fingerprint density at radius 1 is 1.07 bits per heavy atom. The first kappa shape index (κ1) is 18.9. The number of hydrogen-bond donors (Lipinski definition) is 0. The predicted molar refractivity (Wildman–Crippen MR) is 107 cm³/mol. The summed E-state index contributed by atoms with van der Waals surface area (Å²) in [6.45, 7) is 4.47. The van der Waals surface area contributed by atoms with Crippen molar-refractivity contribution < 1.29 is 13.9 Å². The van der Waals surface area contributed by atoms with E-state index in [0.29, 0.717) is 6.54 Å². The summed E-state index contributed by atoms with van der Waals surface area (Å²) in [5.41, 5.74) is 2.78. The summed E-state index contributed by atoms with van der Waals surface area (Å²) in [6.07, 6.45) is 2.18. The fraction of sp³-hybridized carbons (Fsp3) is 0.435. The van der Waals surface area contributed by atoms with Crippen molar-refractivity contribution in [2.24, 2.45) is 0 Å². The highest BCUT2D eigenvalue weighted by Gasteiger charge is 2.38. The van der Waals surface area contributed by atoms with Crippen molar-refractivity contribution >= 4 is 6.09 Å². The van der Waals surface area contributed by atoms with Crippen LogP contribution in [0.15, 0.2) is 48.5 Å². The third kappa shape index (κ3) is 3.76. The molecule has 1 atom stereocenters. The molecular formula is C23H27FN2O2. The number of piperidine rings is 1. The Morgan fingerprint density at radius 3 is 2.46 bits per heavy atom. The minimum absolute atomic E-state index is 0.257. The molecule has 0 saturated carbocycles. The van der Waals surface area contributed by atoms with Gasteiger partial charge in [0.05, 0.1) is 6.04 Å². The highest BCUT2D eigenvalue weighted by Crippen LogP contribution is 2.37. The van der Waals surface area contributed by atoms with Crippen molar-refractivity contribution in [3.63, 3.8) is 0 Å². The predicted octanol–water partition coefficient (Wildman–Crippen LogP) is 4.39. The lowest BCUT2D eigenvalue weighted by atomic mass is 9.88. The normalized spacial score (nSPS) is 21.8. The van der Waals surface area contributed by atoms with Gasteiger partial charge in [-0.05, 0) is 62.1 Å². The monoisotopic (exact) mass is 382 g/mol. The smallest absolute Gasteiger partial charge is 0.411 e. The number of nitrogens with zero attached hydrogens (tertiary/aromatic N) is 2. The highest BCUT2D eigenvalue weighted by atomic mass is 19.1. The van der Waals surface area contributed by atoms with Gasteiger partial charge in [-0.2, -0.15) is 0 Å². The van der Waals surface area contributed by atoms with Crippen LogP contribution < -0.4 is 0 Å². The molecule has 0 aliphatic carbocycles. The SMILES string of the molecule is CN1CCC(C)(OC(=O)N2CCc3ccccc3[C@@H]2c2ccc(F)cc2)CC1. The average molecular weight is 382 g/mol. The molecule has 0 radical (unpaired) electrons. The van der Waals surface area contributed by atoms with E-state index in [0.717, 1.165) is 43.5 Å². The molecule has 1 amide bonds. The number of carbonyl (C=O) groups is 1. The van der Waals surface area contributed by atoms with Crippen LogP contribution in [0.2, 0.25) is 0 Å². The van der Waals surface area contributed by atoms with Crippen molar-refractivity contribution in [1.29, 1.82) is 0 Å². The lowest BCUT2D eigenvalue weighted by Gasteiger charge is -2.42. The van der Waals surface area contributed by atoms with E-state index in [9.17, 15) is 9.18 Å².